The predicted molar refractivity (Wildman–Crippen MR) is 162 cm³/mol. The average molecular weight is 521 g/mol. The molecule has 8 atom stereocenters. The van der Waals surface area contributed by atoms with E-state index >= 15 is 0 Å². The van der Waals surface area contributed by atoms with Gasteiger partial charge in [0.2, 0.25) is 0 Å². The summed E-state index contributed by atoms with van der Waals surface area (Å²) in [5.41, 5.74) is 16.1. The molecular weight excluding hydrogens is 464 g/mol. The molecule has 0 aromatic heterocycles. The zero-order chi connectivity index (χ0) is 27.5. The van der Waals surface area contributed by atoms with E-state index in [0.29, 0.717) is 22.2 Å². The summed E-state index contributed by atoms with van der Waals surface area (Å²) >= 11 is 0. The van der Waals surface area contributed by atoms with Gasteiger partial charge < -0.3 is 16.2 Å². The quantitative estimate of drug-likeness (QED) is 0.278. The average Bonchev–Trinajstić information content (AvgIpc) is 3.19. The lowest BCUT2D eigenvalue weighted by molar-refractivity contribution is -0.0740. The number of benzene rings is 1. The number of fused-ring (bicyclic) bond motifs is 5. The molecular formula is C35H56N2O. The van der Waals surface area contributed by atoms with E-state index in [0.717, 1.165) is 47.7 Å². The molecule has 4 aliphatic carbocycles. The van der Waals surface area contributed by atoms with Crippen LogP contribution in [0.25, 0.3) is 0 Å². The number of nitrogens with two attached hydrogens (primary N) is 2. The predicted octanol–water partition coefficient (Wildman–Crippen LogP) is 9.28. The topological polar surface area (TPSA) is 61.3 Å². The minimum atomic E-state index is -0.00428. The first kappa shape index (κ1) is 27.9. The summed E-state index contributed by atoms with van der Waals surface area (Å²) in [4.78, 5) is 0. The Kier molecular flexibility index (Phi) is 7.40. The summed E-state index contributed by atoms with van der Waals surface area (Å²) in [6.07, 6.45) is 16.4. The molecule has 0 bridgehead atoms. The first-order valence-electron chi connectivity index (χ1n) is 15.9. The second-order valence-electron chi connectivity index (χ2n) is 15.3. The molecule has 212 valence electrons. The maximum absolute atomic E-state index is 6.64. The molecule has 0 spiro atoms. The van der Waals surface area contributed by atoms with Crippen LogP contribution < -0.4 is 16.2 Å². The number of nitrogen functional groups attached to an aromatic ring is 2. The van der Waals surface area contributed by atoms with Crippen LogP contribution in [0.5, 0.6) is 5.75 Å². The Morgan fingerprint density at radius 1 is 0.921 bits per heavy atom. The zero-order valence-corrected chi connectivity index (χ0v) is 25.5. The smallest absolute Gasteiger partial charge is 0.142 e. The van der Waals surface area contributed by atoms with Gasteiger partial charge in [-0.2, -0.15) is 0 Å². The van der Waals surface area contributed by atoms with Crippen LogP contribution in [0.3, 0.4) is 0 Å². The first-order chi connectivity index (χ1) is 17.9. The minimum Gasteiger partial charge on any atom is -0.487 e. The van der Waals surface area contributed by atoms with Crippen LogP contribution in [-0.2, 0) is 0 Å². The van der Waals surface area contributed by atoms with Crippen LogP contribution >= 0.6 is 0 Å². The molecule has 0 aliphatic heterocycles. The second kappa shape index (κ2) is 10.1. The molecule has 1 aromatic carbocycles. The molecule has 8 unspecified atom stereocenters. The summed E-state index contributed by atoms with van der Waals surface area (Å²) in [5, 5.41) is 0. The van der Waals surface area contributed by atoms with Crippen LogP contribution in [0.2, 0.25) is 0 Å². The van der Waals surface area contributed by atoms with Crippen molar-refractivity contribution in [2.75, 3.05) is 11.5 Å². The van der Waals surface area contributed by atoms with E-state index < -0.39 is 0 Å². The van der Waals surface area contributed by atoms with Gasteiger partial charge in [-0.25, -0.2) is 0 Å². The number of anilines is 2. The fraction of sp³-hybridized carbons (Fsp3) is 0.771. The summed E-state index contributed by atoms with van der Waals surface area (Å²) in [6, 6.07) is 5.66. The van der Waals surface area contributed by atoms with E-state index in [-0.39, 0.29) is 11.5 Å². The molecule has 3 fully saturated rings. The molecule has 3 nitrogen and oxygen atoms in total. The SMILES string of the molecule is CC(C)CCCC(C)C1CCC2C3CC=C4C(C)(C)C(Oc5ccc(N)cc5N)CCC4(C)C3CCC12C. The Labute approximate surface area is 233 Å². The Morgan fingerprint density at radius 2 is 1.68 bits per heavy atom. The molecule has 0 amide bonds. The lowest BCUT2D eigenvalue weighted by Gasteiger charge is -2.61. The van der Waals surface area contributed by atoms with Crippen LogP contribution in [-0.4, -0.2) is 6.10 Å². The number of allylic oxidation sites excluding steroid dienone is 1. The van der Waals surface area contributed by atoms with Crippen molar-refractivity contribution in [1.82, 2.24) is 0 Å². The lowest BCUT2D eigenvalue weighted by Crippen LogP contribution is -2.55. The van der Waals surface area contributed by atoms with E-state index in [4.69, 9.17) is 16.2 Å². The van der Waals surface area contributed by atoms with Gasteiger partial charge in [0.25, 0.3) is 0 Å². The van der Waals surface area contributed by atoms with E-state index in [2.05, 4.69) is 54.5 Å². The molecule has 0 heterocycles. The molecule has 4 N–H and O–H groups in total. The van der Waals surface area contributed by atoms with Crippen molar-refractivity contribution in [3.63, 3.8) is 0 Å². The number of hydrogen-bond acceptors (Lipinski definition) is 3. The summed E-state index contributed by atoms with van der Waals surface area (Å²) in [7, 11) is 0. The Morgan fingerprint density at radius 3 is 2.39 bits per heavy atom. The molecule has 0 radical (unpaired) electrons. The third-order valence-electron chi connectivity index (χ3n) is 12.4. The summed E-state index contributed by atoms with van der Waals surface area (Å²) in [5.74, 6) is 5.99. The molecule has 5 rings (SSSR count). The van der Waals surface area contributed by atoms with E-state index in [9.17, 15) is 0 Å². The van der Waals surface area contributed by atoms with E-state index in [1.807, 2.05) is 18.2 Å². The molecule has 0 saturated heterocycles. The third kappa shape index (κ3) is 4.58. The largest absolute Gasteiger partial charge is 0.487 e. The zero-order valence-electron chi connectivity index (χ0n) is 25.5. The highest BCUT2D eigenvalue weighted by molar-refractivity contribution is 5.60. The molecule has 3 heteroatoms. The van der Waals surface area contributed by atoms with Crippen LogP contribution in [0.1, 0.15) is 113 Å². The van der Waals surface area contributed by atoms with Gasteiger partial charge >= 0.3 is 0 Å². The van der Waals surface area contributed by atoms with Crippen molar-refractivity contribution >= 4 is 11.4 Å². The fourth-order valence-electron chi connectivity index (χ4n) is 10.4. The molecule has 38 heavy (non-hydrogen) atoms. The van der Waals surface area contributed by atoms with Gasteiger partial charge in [0.05, 0.1) is 5.69 Å². The first-order valence-corrected chi connectivity index (χ1v) is 15.9. The van der Waals surface area contributed by atoms with Crippen molar-refractivity contribution in [2.24, 2.45) is 51.8 Å². The van der Waals surface area contributed by atoms with E-state index in [1.165, 1.54) is 57.8 Å². The van der Waals surface area contributed by atoms with Crippen molar-refractivity contribution in [1.29, 1.82) is 0 Å². The number of hydrogen-bond donors (Lipinski definition) is 2. The van der Waals surface area contributed by atoms with Crippen molar-refractivity contribution in [2.45, 2.75) is 119 Å². The number of rotatable bonds is 7. The lowest BCUT2D eigenvalue weighted by atomic mass is 9.44. The Bertz CT molecular complexity index is 1040. The minimum absolute atomic E-state index is 0.00428. The summed E-state index contributed by atoms with van der Waals surface area (Å²) < 4.78 is 6.64. The van der Waals surface area contributed by atoms with Crippen molar-refractivity contribution in [3.05, 3.63) is 29.8 Å². The van der Waals surface area contributed by atoms with Gasteiger partial charge in [-0.3, -0.25) is 0 Å². The maximum Gasteiger partial charge on any atom is 0.142 e. The highest BCUT2D eigenvalue weighted by atomic mass is 16.5. The number of ether oxygens (including phenoxy) is 1. The van der Waals surface area contributed by atoms with Crippen molar-refractivity contribution < 1.29 is 4.74 Å². The Balaban J connectivity index is 1.34. The van der Waals surface area contributed by atoms with Gasteiger partial charge in [0.15, 0.2) is 0 Å². The van der Waals surface area contributed by atoms with Gasteiger partial charge in [0.1, 0.15) is 11.9 Å². The van der Waals surface area contributed by atoms with Crippen LogP contribution in [0, 0.1) is 51.8 Å². The standard InChI is InChI=1S/C35H56N2O/c1-22(2)9-8-10-23(3)26-13-14-27-25-12-16-31-33(4,5)32(38-30-15-11-24(36)21-29(30)37)18-20-35(31,7)28(25)17-19-34(26,27)6/h11,15-16,21-23,25-28,32H,8-10,12-14,17-20,36-37H2,1-7H3. The normalized spacial score (nSPS) is 38.6. The van der Waals surface area contributed by atoms with Gasteiger partial charge in [-0.1, -0.05) is 79.4 Å². The maximum atomic E-state index is 6.64. The van der Waals surface area contributed by atoms with Crippen LogP contribution in [0.4, 0.5) is 11.4 Å². The second-order valence-corrected chi connectivity index (χ2v) is 15.3. The van der Waals surface area contributed by atoms with Crippen molar-refractivity contribution in [3.8, 4) is 5.75 Å². The monoisotopic (exact) mass is 520 g/mol. The van der Waals surface area contributed by atoms with E-state index in [1.54, 1.807) is 5.57 Å². The highest BCUT2D eigenvalue weighted by Crippen LogP contribution is 2.69. The summed E-state index contributed by atoms with van der Waals surface area (Å²) in [6.45, 7) is 17.5. The third-order valence-corrected chi connectivity index (χ3v) is 12.4. The molecule has 4 aliphatic rings. The van der Waals surface area contributed by atoms with Gasteiger partial charge in [-0.05, 0) is 109 Å². The highest BCUT2D eigenvalue weighted by Gasteiger charge is 2.61. The molecule has 3 saturated carbocycles. The Hall–Kier alpha value is -1.64. The fourth-order valence-corrected chi connectivity index (χ4v) is 10.4. The van der Waals surface area contributed by atoms with Gasteiger partial charge in [0, 0.05) is 11.1 Å². The molecule has 1 aromatic rings. The van der Waals surface area contributed by atoms with Crippen LogP contribution in [0.15, 0.2) is 29.8 Å². The van der Waals surface area contributed by atoms with Gasteiger partial charge in [-0.15, -0.1) is 0 Å².